The fraction of sp³-hybridized carbons (Fsp3) is 0.545. The summed E-state index contributed by atoms with van der Waals surface area (Å²) in [7, 11) is 2.08. The summed E-state index contributed by atoms with van der Waals surface area (Å²) in [6.07, 6.45) is 0. The molecule has 1 fully saturated rings. The highest BCUT2D eigenvalue weighted by atomic mass is 32.1. The van der Waals surface area contributed by atoms with Gasteiger partial charge in [0.2, 0.25) is 0 Å². The van der Waals surface area contributed by atoms with Crippen molar-refractivity contribution in [3.63, 3.8) is 0 Å². The Morgan fingerprint density at radius 2 is 1.97 bits per heavy atom. The molecule has 1 aromatic carbocycles. The van der Waals surface area contributed by atoms with Crippen LogP contribution in [0.25, 0.3) is 0 Å². The van der Waals surface area contributed by atoms with Gasteiger partial charge in [0.15, 0.2) is 5.96 Å². The number of rotatable bonds is 7. The summed E-state index contributed by atoms with van der Waals surface area (Å²) in [6, 6.07) is 11.1. The largest absolute Gasteiger partial charge is 0.369 e. The first-order valence-electron chi connectivity index (χ1n) is 10.5. The summed E-state index contributed by atoms with van der Waals surface area (Å²) in [5.41, 5.74) is 2.43. The van der Waals surface area contributed by atoms with Crippen molar-refractivity contribution < 1.29 is 0 Å². The molecule has 2 heterocycles. The lowest BCUT2D eigenvalue weighted by atomic mass is 10.2. The van der Waals surface area contributed by atoms with Crippen LogP contribution in [0, 0.1) is 6.92 Å². The second-order valence-electron chi connectivity index (χ2n) is 7.62. The number of anilines is 1. The molecule has 0 radical (unpaired) electrons. The number of thiazole rings is 1. The average molecular weight is 415 g/mol. The summed E-state index contributed by atoms with van der Waals surface area (Å²) < 4.78 is 0. The zero-order valence-electron chi connectivity index (χ0n) is 18.1. The van der Waals surface area contributed by atoms with E-state index in [0.717, 1.165) is 62.5 Å². The molecule has 29 heavy (non-hydrogen) atoms. The highest BCUT2D eigenvalue weighted by Crippen LogP contribution is 2.17. The Labute approximate surface area is 179 Å². The van der Waals surface area contributed by atoms with Gasteiger partial charge in [-0.1, -0.05) is 18.2 Å². The van der Waals surface area contributed by atoms with Crippen LogP contribution in [-0.2, 0) is 6.54 Å². The van der Waals surface area contributed by atoms with E-state index >= 15 is 0 Å². The van der Waals surface area contributed by atoms with E-state index in [1.165, 1.54) is 5.69 Å². The summed E-state index contributed by atoms with van der Waals surface area (Å²) >= 11 is 1.70. The Morgan fingerprint density at radius 3 is 2.59 bits per heavy atom. The van der Waals surface area contributed by atoms with Crippen LogP contribution in [0.5, 0.6) is 0 Å². The fourth-order valence-electron chi connectivity index (χ4n) is 3.66. The van der Waals surface area contributed by atoms with E-state index in [4.69, 9.17) is 4.99 Å². The summed E-state index contributed by atoms with van der Waals surface area (Å²) in [4.78, 5) is 16.7. The van der Waals surface area contributed by atoms with Gasteiger partial charge in [0.25, 0.3) is 0 Å². The highest BCUT2D eigenvalue weighted by Gasteiger charge is 2.21. The van der Waals surface area contributed by atoms with Gasteiger partial charge in [0.1, 0.15) is 0 Å². The van der Waals surface area contributed by atoms with E-state index in [2.05, 4.69) is 81.6 Å². The van der Waals surface area contributed by atoms with Crippen molar-refractivity contribution in [3.05, 3.63) is 46.4 Å². The predicted molar refractivity (Wildman–Crippen MR) is 124 cm³/mol. The summed E-state index contributed by atoms with van der Waals surface area (Å²) in [5, 5.41) is 6.66. The number of guanidine groups is 1. The Morgan fingerprint density at radius 1 is 1.24 bits per heavy atom. The molecule has 1 aliphatic heterocycles. The van der Waals surface area contributed by atoms with Crippen molar-refractivity contribution in [1.29, 1.82) is 0 Å². The van der Waals surface area contributed by atoms with Crippen LogP contribution in [0.1, 0.15) is 24.5 Å². The van der Waals surface area contributed by atoms with Crippen LogP contribution in [0.15, 0.2) is 40.7 Å². The van der Waals surface area contributed by atoms with E-state index < -0.39 is 0 Å². The van der Waals surface area contributed by atoms with Gasteiger partial charge < -0.3 is 15.1 Å². The molecule has 6 nitrogen and oxygen atoms in total. The minimum Gasteiger partial charge on any atom is -0.369 e. The molecule has 2 aromatic rings. The molecule has 0 aliphatic carbocycles. The van der Waals surface area contributed by atoms with Crippen molar-refractivity contribution >= 4 is 23.0 Å². The van der Waals surface area contributed by atoms with Crippen LogP contribution in [0.3, 0.4) is 0 Å². The number of nitrogens with one attached hydrogen (secondary N) is 1. The molecule has 1 aliphatic rings. The molecule has 0 bridgehead atoms. The predicted octanol–water partition coefficient (Wildman–Crippen LogP) is 3.06. The standard InChI is InChI=1S/C22H34N6S/c1-5-23-22(26(4)16-20-17-29-19(3)25-20)24-15-18(2)27-11-13-28(14-12-27)21-9-7-6-8-10-21/h6-10,17-18H,5,11-16H2,1-4H3,(H,23,24). The summed E-state index contributed by atoms with van der Waals surface area (Å²) in [5.74, 6) is 0.952. The maximum Gasteiger partial charge on any atom is 0.194 e. The van der Waals surface area contributed by atoms with E-state index in [0.29, 0.717) is 6.04 Å². The lowest BCUT2D eigenvalue weighted by Gasteiger charge is -2.38. The van der Waals surface area contributed by atoms with Crippen LogP contribution in [0.4, 0.5) is 5.69 Å². The fourth-order valence-corrected chi connectivity index (χ4v) is 4.27. The van der Waals surface area contributed by atoms with E-state index in [1.54, 1.807) is 11.3 Å². The van der Waals surface area contributed by atoms with Crippen LogP contribution in [0.2, 0.25) is 0 Å². The number of para-hydroxylation sites is 1. The molecule has 1 unspecified atom stereocenters. The maximum absolute atomic E-state index is 4.92. The Bertz CT molecular complexity index is 767. The number of nitrogens with zero attached hydrogens (tertiary/aromatic N) is 5. The lowest BCUT2D eigenvalue weighted by Crippen LogP contribution is -2.50. The number of piperazine rings is 1. The number of benzene rings is 1. The zero-order valence-corrected chi connectivity index (χ0v) is 19.0. The third-order valence-corrected chi connectivity index (χ3v) is 6.15. The van der Waals surface area contributed by atoms with Crippen molar-refractivity contribution in [1.82, 2.24) is 20.1 Å². The molecule has 1 atom stereocenters. The maximum atomic E-state index is 4.92. The van der Waals surface area contributed by atoms with E-state index in [1.807, 2.05) is 6.92 Å². The number of aryl methyl sites for hydroxylation is 1. The minimum absolute atomic E-state index is 0.427. The Balaban J connectivity index is 1.52. The first-order chi connectivity index (χ1) is 14.1. The Kier molecular flexibility index (Phi) is 7.89. The average Bonchev–Trinajstić information content (AvgIpc) is 3.16. The first kappa shape index (κ1) is 21.6. The van der Waals surface area contributed by atoms with Crippen LogP contribution in [-0.4, -0.2) is 73.1 Å². The van der Waals surface area contributed by atoms with Gasteiger partial charge in [-0.2, -0.15) is 0 Å². The molecular formula is C22H34N6S. The molecule has 0 spiro atoms. The lowest BCUT2D eigenvalue weighted by molar-refractivity contribution is 0.201. The normalized spacial score (nSPS) is 16.7. The van der Waals surface area contributed by atoms with Crippen molar-refractivity contribution in [2.75, 3.05) is 51.2 Å². The Hall–Kier alpha value is -2.12. The van der Waals surface area contributed by atoms with Crippen LogP contribution < -0.4 is 10.2 Å². The van der Waals surface area contributed by atoms with Crippen molar-refractivity contribution in [3.8, 4) is 0 Å². The number of aromatic nitrogens is 1. The molecule has 0 amide bonds. The third kappa shape index (κ3) is 6.18. The van der Waals surface area contributed by atoms with Gasteiger partial charge >= 0.3 is 0 Å². The number of aliphatic imine (C=N–C) groups is 1. The topological polar surface area (TPSA) is 47.0 Å². The zero-order chi connectivity index (χ0) is 20.6. The first-order valence-corrected chi connectivity index (χ1v) is 11.4. The summed E-state index contributed by atoms with van der Waals surface area (Å²) in [6.45, 7) is 13.2. The monoisotopic (exact) mass is 414 g/mol. The van der Waals surface area contributed by atoms with Gasteiger partial charge in [-0.15, -0.1) is 11.3 Å². The smallest absolute Gasteiger partial charge is 0.194 e. The quantitative estimate of drug-likeness (QED) is 0.557. The van der Waals surface area contributed by atoms with Crippen molar-refractivity contribution in [2.45, 2.75) is 33.4 Å². The molecule has 158 valence electrons. The second-order valence-corrected chi connectivity index (χ2v) is 8.68. The second kappa shape index (κ2) is 10.6. The molecule has 7 heteroatoms. The third-order valence-electron chi connectivity index (χ3n) is 5.33. The molecule has 1 aromatic heterocycles. The number of hydrogen-bond donors (Lipinski definition) is 1. The van der Waals surface area contributed by atoms with E-state index in [9.17, 15) is 0 Å². The molecule has 1 saturated heterocycles. The van der Waals surface area contributed by atoms with Crippen LogP contribution >= 0.6 is 11.3 Å². The SMILES string of the molecule is CCNC(=NCC(C)N1CCN(c2ccccc2)CC1)N(C)Cc1csc(C)n1. The molecule has 1 N–H and O–H groups in total. The van der Waals surface area contributed by atoms with Gasteiger partial charge in [0, 0.05) is 56.9 Å². The molecular weight excluding hydrogens is 380 g/mol. The van der Waals surface area contributed by atoms with Crippen molar-refractivity contribution in [2.24, 2.45) is 4.99 Å². The van der Waals surface area contributed by atoms with Gasteiger partial charge in [-0.05, 0) is 32.9 Å². The van der Waals surface area contributed by atoms with Gasteiger partial charge in [-0.3, -0.25) is 9.89 Å². The molecule has 0 saturated carbocycles. The minimum atomic E-state index is 0.427. The van der Waals surface area contributed by atoms with Gasteiger partial charge in [0.05, 0.1) is 23.8 Å². The highest BCUT2D eigenvalue weighted by molar-refractivity contribution is 7.09. The van der Waals surface area contributed by atoms with E-state index in [-0.39, 0.29) is 0 Å². The van der Waals surface area contributed by atoms with Gasteiger partial charge in [-0.25, -0.2) is 4.98 Å². The number of hydrogen-bond acceptors (Lipinski definition) is 5. The molecule has 3 rings (SSSR count).